The molecule has 0 saturated heterocycles. The van der Waals surface area contributed by atoms with Crippen molar-refractivity contribution in [2.75, 3.05) is 5.32 Å². The van der Waals surface area contributed by atoms with E-state index in [0.29, 0.717) is 23.2 Å². The molecule has 4 nitrogen and oxygen atoms in total. The van der Waals surface area contributed by atoms with Gasteiger partial charge in [-0.2, -0.15) is 18.3 Å². The lowest BCUT2D eigenvalue weighted by molar-refractivity contribution is -0.137. The molecule has 1 aliphatic rings. The van der Waals surface area contributed by atoms with Crippen LogP contribution in [0, 0.1) is 0 Å². The molecule has 0 bridgehead atoms. The molecule has 1 aliphatic carbocycles. The largest absolute Gasteiger partial charge is 0.416 e. The van der Waals surface area contributed by atoms with Crippen molar-refractivity contribution in [3.05, 3.63) is 36.0 Å². The van der Waals surface area contributed by atoms with Gasteiger partial charge in [-0.15, -0.1) is 5.10 Å². The third kappa shape index (κ3) is 3.12. The van der Waals surface area contributed by atoms with Gasteiger partial charge in [0, 0.05) is 11.6 Å². The summed E-state index contributed by atoms with van der Waals surface area (Å²) in [6.45, 7) is 0. The Morgan fingerprint density at radius 2 is 1.81 bits per heavy atom. The van der Waals surface area contributed by atoms with E-state index in [4.69, 9.17) is 0 Å². The van der Waals surface area contributed by atoms with E-state index in [2.05, 4.69) is 20.5 Å². The molecular weight excluding hydrogens is 281 g/mol. The van der Waals surface area contributed by atoms with Crippen molar-refractivity contribution in [2.45, 2.75) is 31.5 Å². The van der Waals surface area contributed by atoms with Gasteiger partial charge in [-0.05, 0) is 31.4 Å². The fourth-order valence-corrected chi connectivity index (χ4v) is 2.07. The molecule has 3 rings (SSSR count). The topological polar surface area (TPSA) is 50.7 Å². The molecule has 1 aromatic carbocycles. The van der Waals surface area contributed by atoms with Crippen LogP contribution in [0.25, 0.3) is 11.3 Å². The standard InChI is InChI=1S/C14H13F3N4/c15-14(16,17)10-6-4-9(5-7-10)12-8-18-21-13(20-12)19-11-2-1-3-11/h4-8,11H,1-3H2,(H,19,20,21). The van der Waals surface area contributed by atoms with Crippen LogP contribution in [0.15, 0.2) is 30.5 Å². The molecule has 110 valence electrons. The van der Waals surface area contributed by atoms with Crippen LogP contribution in [-0.4, -0.2) is 21.2 Å². The van der Waals surface area contributed by atoms with Crippen molar-refractivity contribution in [2.24, 2.45) is 0 Å². The number of nitrogens with one attached hydrogen (secondary N) is 1. The summed E-state index contributed by atoms with van der Waals surface area (Å²) in [7, 11) is 0. The maximum Gasteiger partial charge on any atom is 0.416 e. The van der Waals surface area contributed by atoms with Gasteiger partial charge in [-0.1, -0.05) is 12.1 Å². The van der Waals surface area contributed by atoms with E-state index in [-0.39, 0.29) is 0 Å². The maximum absolute atomic E-state index is 12.5. The zero-order valence-corrected chi connectivity index (χ0v) is 11.1. The van der Waals surface area contributed by atoms with Gasteiger partial charge < -0.3 is 5.32 Å². The number of benzene rings is 1. The van der Waals surface area contributed by atoms with Crippen molar-refractivity contribution in [3.63, 3.8) is 0 Å². The highest BCUT2D eigenvalue weighted by atomic mass is 19.4. The summed E-state index contributed by atoms with van der Waals surface area (Å²) in [4.78, 5) is 4.29. The molecule has 0 unspecified atom stereocenters. The molecule has 0 aliphatic heterocycles. The van der Waals surface area contributed by atoms with Crippen LogP contribution in [-0.2, 0) is 6.18 Å². The molecule has 0 amide bonds. The summed E-state index contributed by atoms with van der Waals surface area (Å²) in [6.07, 6.45) is 0.444. The number of anilines is 1. The van der Waals surface area contributed by atoms with E-state index < -0.39 is 11.7 Å². The quantitative estimate of drug-likeness (QED) is 0.941. The zero-order valence-electron chi connectivity index (χ0n) is 11.1. The number of hydrogen-bond donors (Lipinski definition) is 1. The van der Waals surface area contributed by atoms with Gasteiger partial charge in [-0.3, -0.25) is 0 Å². The number of rotatable bonds is 3. The van der Waals surface area contributed by atoms with Crippen molar-refractivity contribution >= 4 is 5.95 Å². The highest BCUT2D eigenvalue weighted by molar-refractivity contribution is 5.59. The minimum atomic E-state index is -4.33. The Balaban J connectivity index is 1.81. The van der Waals surface area contributed by atoms with Gasteiger partial charge >= 0.3 is 6.18 Å². The molecule has 0 atom stereocenters. The first-order valence-corrected chi connectivity index (χ1v) is 6.66. The SMILES string of the molecule is FC(F)(F)c1ccc(-c2cnnc(NC3CCC3)n2)cc1. The number of nitrogens with zero attached hydrogens (tertiary/aromatic N) is 3. The number of hydrogen-bond acceptors (Lipinski definition) is 4. The summed E-state index contributed by atoms with van der Waals surface area (Å²) in [5, 5.41) is 10.9. The second-order valence-corrected chi connectivity index (χ2v) is 5.01. The summed E-state index contributed by atoms with van der Waals surface area (Å²) < 4.78 is 37.6. The Kier molecular flexibility index (Phi) is 3.48. The molecule has 1 aromatic heterocycles. The molecule has 1 heterocycles. The van der Waals surface area contributed by atoms with Gasteiger partial charge in [-0.25, -0.2) is 4.98 Å². The number of alkyl halides is 3. The molecule has 7 heteroatoms. The van der Waals surface area contributed by atoms with E-state index in [9.17, 15) is 13.2 Å². The monoisotopic (exact) mass is 294 g/mol. The van der Waals surface area contributed by atoms with Crippen LogP contribution in [0.5, 0.6) is 0 Å². The molecule has 2 aromatic rings. The van der Waals surface area contributed by atoms with Gasteiger partial charge in [0.15, 0.2) is 0 Å². The van der Waals surface area contributed by atoms with E-state index in [1.165, 1.54) is 24.8 Å². The zero-order chi connectivity index (χ0) is 14.9. The lowest BCUT2D eigenvalue weighted by atomic mass is 9.93. The Hall–Kier alpha value is -2.18. The first kappa shape index (κ1) is 13.8. The summed E-state index contributed by atoms with van der Waals surface area (Å²) >= 11 is 0. The Morgan fingerprint density at radius 3 is 2.38 bits per heavy atom. The lowest BCUT2D eigenvalue weighted by Gasteiger charge is -2.26. The van der Waals surface area contributed by atoms with Crippen molar-refractivity contribution < 1.29 is 13.2 Å². The molecular formula is C14H13F3N4. The Bertz CT molecular complexity index is 621. The minimum Gasteiger partial charge on any atom is -0.350 e. The fourth-order valence-electron chi connectivity index (χ4n) is 2.07. The first-order chi connectivity index (χ1) is 10.0. The van der Waals surface area contributed by atoms with Gasteiger partial charge in [0.1, 0.15) is 0 Å². The van der Waals surface area contributed by atoms with Gasteiger partial charge in [0.05, 0.1) is 17.5 Å². The van der Waals surface area contributed by atoms with Crippen LogP contribution in [0.2, 0.25) is 0 Å². The fraction of sp³-hybridized carbons (Fsp3) is 0.357. The van der Waals surface area contributed by atoms with Crippen LogP contribution in [0.1, 0.15) is 24.8 Å². The second-order valence-electron chi connectivity index (χ2n) is 5.01. The van der Waals surface area contributed by atoms with Crippen molar-refractivity contribution in [1.82, 2.24) is 15.2 Å². The third-order valence-corrected chi connectivity index (χ3v) is 3.51. The van der Waals surface area contributed by atoms with Crippen LogP contribution < -0.4 is 5.32 Å². The first-order valence-electron chi connectivity index (χ1n) is 6.66. The van der Waals surface area contributed by atoms with Crippen molar-refractivity contribution in [1.29, 1.82) is 0 Å². The summed E-state index contributed by atoms with van der Waals surface area (Å²) in [6, 6.07) is 5.22. The summed E-state index contributed by atoms with van der Waals surface area (Å²) in [5.41, 5.74) is 0.399. The smallest absolute Gasteiger partial charge is 0.350 e. The molecule has 1 saturated carbocycles. The second kappa shape index (κ2) is 5.31. The van der Waals surface area contributed by atoms with Gasteiger partial charge in [0.2, 0.25) is 5.95 Å². The number of halogens is 3. The Morgan fingerprint density at radius 1 is 1.10 bits per heavy atom. The van der Waals surface area contributed by atoms with E-state index in [1.807, 2.05) is 0 Å². The normalized spacial score (nSPS) is 15.6. The highest BCUT2D eigenvalue weighted by Crippen LogP contribution is 2.30. The molecule has 21 heavy (non-hydrogen) atoms. The van der Waals surface area contributed by atoms with E-state index in [0.717, 1.165) is 25.0 Å². The average Bonchev–Trinajstić information content (AvgIpc) is 2.43. The Labute approximate surface area is 119 Å². The number of aromatic nitrogens is 3. The minimum absolute atomic E-state index is 0.370. The van der Waals surface area contributed by atoms with Crippen molar-refractivity contribution in [3.8, 4) is 11.3 Å². The molecule has 0 radical (unpaired) electrons. The van der Waals surface area contributed by atoms with Crippen LogP contribution in [0.3, 0.4) is 0 Å². The lowest BCUT2D eigenvalue weighted by Crippen LogP contribution is -2.28. The maximum atomic E-state index is 12.5. The van der Waals surface area contributed by atoms with Crippen LogP contribution >= 0.6 is 0 Å². The van der Waals surface area contributed by atoms with Crippen LogP contribution in [0.4, 0.5) is 19.1 Å². The van der Waals surface area contributed by atoms with Gasteiger partial charge in [0.25, 0.3) is 0 Å². The van der Waals surface area contributed by atoms with E-state index >= 15 is 0 Å². The third-order valence-electron chi connectivity index (χ3n) is 3.51. The van der Waals surface area contributed by atoms with E-state index in [1.54, 1.807) is 0 Å². The predicted molar refractivity (Wildman–Crippen MR) is 71.5 cm³/mol. The molecule has 1 N–H and O–H groups in total. The predicted octanol–water partition coefficient (Wildman–Crippen LogP) is 3.52. The highest BCUT2D eigenvalue weighted by Gasteiger charge is 2.30. The average molecular weight is 294 g/mol. The molecule has 1 fully saturated rings. The molecule has 0 spiro atoms. The summed E-state index contributed by atoms with van der Waals surface area (Å²) in [5.74, 6) is 0.414.